The van der Waals surface area contributed by atoms with Crippen molar-refractivity contribution in [3.63, 3.8) is 0 Å². The maximum absolute atomic E-state index is 12.5. The highest BCUT2D eigenvalue weighted by Gasteiger charge is 2.13. The van der Waals surface area contributed by atoms with Gasteiger partial charge in [0.05, 0.1) is 11.0 Å². The summed E-state index contributed by atoms with van der Waals surface area (Å²) in [7, 11) is 1.72. The maximum atomic E-state index is 12.5. The summed E-state index contributed by atoms with van der Waals surface area (Å²) in [5.74, 6) is 0.544. The molecule has 2 aromatic heterocycles. The topological polar surface area (TPSA) is 102 Å². The van der Waals surface area contributed by atoms with Gasteiger partial charge in [0.25, 0.3) is 0 Å². The quantitative estimate of drug-likeness (QED) is 0.505. The zero-order chi connectivity index (χ0) is 22.7. The fourth-order valence-corrected chi connectivity index (χ4v) is 3.51. The van der Waals surface area contributed by atoms with Gasteiger partial charge in [0.2, 0.25) is 11.8 Å². The van der Waals surface area contributed by atoms with Crippen LogP contribution in [0, 0.1) is 18.3 Å². The molecule has 0 aliphatic carbocycles. The van der Waals surface area contributed by atoms with Crippen molar-refractivity contribution in [2.24, 2.45) is 7.05 Å². The van der Waals surface area contributed by atoms with E-state index in [2.05, 4.69) is 10.3 Å². The van der Waals surface area contributed by atoms with E-state index in [4.69, 9.17) is 10.00 Å². The highest BCUT2D eigenvalue weighted by atomic mass is 16.5. The second kappa shape index (κ2) is 8.78. The van der Waals surface area contributed by atoms with Crippen LogP contribution >= 0.6 is 0 Å². The predicted molar refractivity (Wildman–Crippen MR) is 121 cm³/mol. The molecule has 0 atom stereocenters. The monoisotopic (exact) mass is 427 g/mol. The molecule has 4 aromatic rings. The Morgan fingerprint density at radius 3 is 2.69 bits per heavy atom. The van der Waals surface area contributed by atoms with Gasteiger partial charge in [0.15, 0.2) is 0 Å². The first-order chi connectivity index (χ1) is 15.5. The van der Waals surface area contributed by atoms with Gasteiger partial charge in [0.1, 0.15) is 17.4 Å². The van der Waals surface area contributed by atoms with Crippen LogP contribution in [0.5, 0.6) is 11.6 Å². The third-order valence-corrected chi connectivity index (χ3v) is 5.19. The van der Waals surface area contributed by atoms with Crippen molar-refractivity contribution in [3.05, 3.63) is 82.4 Å². The van der Waals surface area contributed by atoms with Crippen molar-refractivity contribution in [1.82, 2.24) is 14.1 Å². The molecule has 0 saturated heterocycles. The lowest BCUT2D eigenvalue weighted by molar-refractivity contribution is -0.116. The molecule has 0 radical (unpaired) electrons. The number of carbonyl (C=O) groups is 1. The Kier molecular flexibility index (Phi) is 5.73. The summed E-state index contributed by atoms with van der Waals surface area (Å²) in [5.41, 5.74) is 3.27. The van der Waals surface area contributed by atoms with Crippen LogP contribution in [-0.2, 0) is 18.4 Å². The van der Waals surface area contributed by atoms with Gasteiger partial charge >= 0.3 is 5.69 Å². The fourth-order valence-electron chi connectivity index (χ4n) is 3.51. The van der Waals surface area contributed by atoms with Gasteiger partial charge in [0, 0.05) is 31.9 Å². The van der Waals surface area contributed by atoms with Crippen LogP contribution in [0.15, 0.2) is 65.6 Å². The Morgan fingerprint density at radius 1 is 1.16 bits per heavy atom. The molecule has 0 aliphatic heterocycles. The Bertz CT molecular complexity index is 1410. The molecule has 8 nitrogen and oxygen atoms in total. The molecule has 0 fully saturated rings. The number of rotatable bonds is 6. The van der Waals surface area contributed by atoms with Crippen LogP contribution < -0.4 is 15.7 Å². The molecule has 1 N–H and O–H groups in total. The SMILES string of the molecule is Cc1cc(Oc2ncccc2C#N)ccc1NC(=O)CCn1c(=O)n(C)c2ccccc21. The minimum absolute atomic E-state index is 0.150. The summed E-state index contributed by atoms with van der Waals surface area (Å²) >= 11 is 0. The first-order valence-corrected chi connectivity index (χ1v) is 10.1. The van der Waals surface area contributed by atoms with E-state index in [0.717, 1.165) is 16.6 Å². The summed E-state index contributed by atoms with van der Waals surface area (Å²) in [4.78, 5) is 29.1. The van der Waals surface area contributed by atoms with E-state index >= 15 is 0 Å². The number of nitrogens with one attached hydrogen (secondary N) is 1. The third-order valence-electron chi connectivity index (χ3n) is 5.19. The number of nitriles is 1. The molecule has 8 heteroatoms. The number of amides is 1. The van der Waals surface area contributed by atoms with Crippen molar-refractivity contribution in [1.29, 1.82) is 5.26 Å². The first kappa shape index (κ1) is 20.9. The van der Waals surface area contributed by atoms with E-state index in [-0.39, 0.29) is 30.4 Å². The molecule has 0 unspecified atom stereocenters. The van der Waals surface area contributed by atoms with Crippen LogP contribution in [0.4, 0.5) is 5.69 Å². The molecular weight excluding hydrogens is 406 g/mol. The van der Waals surface area contributed by atoms with Crippen molar-refractivity contribution in [2.75, 3.05) is 5.32 Å². The number of aryl methyl sites for hydroxylation is 3. The minimum atomic E-state index is -0.196. The van der Waals surface area contributed by atoms with E-state index in [9.17, 15) is 9.59 Å². The maximum Gasteiger partial charge on any atom is 0.328 e. The molecule has 1 amide bonds. The zero-order valence-electron chi connectivity index (χ0n) is 17.7. The number of imidazole rings is 1. The van der Waals surface area contributed by atoms with E-state index in [1.165, 1.54) is 0 Å². The number of ether oxygens (including phenoxy) is 1. The Labute approximate surface area is 184 Å². The van der Waals surface area contributed by atoms with E-state index in [0.29, 0.717) is 17.0 Å². The number of fused-ring (bicyclic) bond motifs is 1. The van der Waals surface area contributed by atoms with E-state index in [1.807, 2.05) is 37.3 Å². The summed E-state index contributed by atoms with van der Waals surface area (Å²) in [5, 5.41) is 12.0. The number of hydrogen-bond acceptors (Lipinski definition) is 5. The molecule has 32 heavy (non-hydrogen) atoms. The number of carbonyl (C=O) groups excluding carboxylic acids is 1. The zero-order valence-corrected chi connectivity index (χ0v) is 17.7. The number of para-hydroxylation sites is 2. The van der Waals surface area contributed by atoms with Gasteiger partial charge < -0.3 is 10.1 Å². The number of aromatic nitrogens is 3. The van der Waals surface area contributed by atoms with Crippen molar-refractivity contribution in [2.45, 2.75) is 19.9 Å². The van der Waals surface area contributed by atoms with Gasteiger partial charge in [-0.3, -0.25) is 13.9 Å². The second-order valence-corrected chi connectivity index (χ2v) is 7.33. The predicted octanol–water partition coefficient (Wildman–Crippen LogP) is 3.74. The Balaban J connectivity index is 1.44. The van der Waals surface area contributed by atoms with Crippen LogP contribution in [0.25, 0.3) is 11.0 Å². The molecule has 0 aliphatic rings. The van der Waals surface area contributed by atoms with E-state index < -0.39 is 0 Å². The number of nitrogens with zero attached hydrogens (tertiary/aromatic N) is 4. The highest BCUT2D eigenvalue weighted by Crippen LogP contribution is 2.26. The van der Waals surface area contributed by atoms with Gasteiger partial charge in [-0.2, -0.15) is 5.26 Å². The molecule has 0 saturated carbocycles. The van der Waals surface area contributed by atoms with E-state index in [1.54, 1.807) is 52.7 Å². The van der Waals surface area contributed by atoms with Crippen molar-refractivity contribution >= 4 is 22.6 Å². The second-order valence-electron chi connectivity index (χ2n) is 7.33. The average Bonchev–Trinajstić information content (AvgIpc) is 3.04. The highest BCUT2D eigenvalue weighted by molar-refractivity contribution is 5.91. The van der Waals surface area contributed by atoms with Crippen LogP contribution in [0.1, 0.15) is 17.5 Å². The van der Waals surface area contributed by atoms with Crippen molar-refractivity contribution in [3.8, 4) is 17.7 Å². The van der Waals surface area contributed by atoms with Gasteiger partial charge in [-0.15, -0.1) is 0 Å². The van der Waals surface area contributed by atoms with Gasteiger partial charge in [-0.25, -0.2) is 9.78 Å². The first-order valence-electron chi connectivity index (χ1n) is 10.1. The fraction of sp³-hybridized carbons (Fsp3) is 0.167. The van der Waals surface area contributed by atoms with Gasteiger partial charge in [-0.1, -0.05) is 12.1 Å². The molecule has 2 aromatic carbocycles. The molecule has 2 heterocycles. The lowest BCUT2D eigenvalue weighted by Gasteiger charge is -2.11. The molecule has 160 valence electrons. The van der Waals surface area contributed by atoms with Crippen LogP contribution in [-0.4, -0.2) is 20.0 Å². The molecule has 0 bridgehead atoms. The Morgan fingerprint density at radius 2 is 1.94 bits per heavy atom. The summed E-state index contributed by atoms with van der Waals surface area (Å²) in [6.45, 7) is 2.13. The summed E-state index contributed by atoms with van der Waals surface area (Å²) in [6.07, 6.45) is 1.71. The number of anilines is 1. The standard InChI is InChI=1S/C24H21N5O3/c1-16-14-18(32-23-17(15-25)6-5-12-26-23)9-10-19(16)27-22(30)11-13-29-21-8-4-3-7-20(21)28(2)24(29)31/h3-10,12,14H,11,13H2,1-2H3,(H,27,30). The molecular formula is C24H21N5O3. The summed E-state index contributed by atoms with van der Waals surface area (Å²) in [6, 6.07) is 18.0. The van der Waals surface area contributed by atoms with Gasteiger partial charge in [-0.05, 0) is 55.0 Å². The smallest absolute Gasteiger partial charge is 0.328 e. The lowest BCUT2D eigenvalue weighted by Crippen LogP contribution is -2.24. The minimum Gasteiger partial charge on any atom is -0.438 e. The Hall–Kier alpha value is -4.38. The average molecular weight is 427 g/mol. The van der Waals surface area contributed by atoms with Crippen LogP contribution in [0.2, 0.25) is 0 Å². The number of benzene rings is 2. The molecule has 0 spiro atoms. The summed E-state index contributed by atoms with van der Waals surface area (Å²) < 4.78 is 8.90. The largest absolute Gasteiger partial charge is 0.438 e. The number of hydrogen-bond donors (Lipinski definition) is 1. The lowest BCUT2D eigenvalue weighted by atomic mass is 10.2. The van der Waals surface area contributed by atoms with Crippen molar-refractivity contribution < 1.29 is 9.53 Å². The third kappa shape index (κ3) is 4.09. The number of pyridine rings is 1. The molecule has 4 rings (SSSR count). The van der Waals surface area contributed by atoms with Crippen LogP contribution in [0.3, 0.4) is 0 Å². The normalized spacial score (nSPS) is 10.7.